The maximum atomic E-state index is 2.43. The van der Waals surface area contributed by atoms with Crippen molar-refractivity contribution in [1.82, 2.24) is 0 Å². The van der Waals surface area contributed by atoms with E-state index in [-0.39, 0.29) is 0 Å². The van der Waals surface area contributed by atoms with Crippen molar-refractivity contribution in [2.45, 2.75) is 0 Å². The maximum Gasteiger partial charge on any atom is -0.00261 e. The summed E-state index contributed by atoms with van der Waals surface area (Å²) in [5.41, 5.74) is 19.3. The van der Waals surface area contributed by atoms with Gasteiger partial charge in [-0.25, -0.2) is 0 Å². The minimum atomic E-state index is 1.15. The number of hydrogen-bond acceptors (Lipinski definition) is 0. The molecule has 0 aliphatic carbocycles. The van der Waals surface area contributed by atoms with Crippen LogP contribution in [-0.2, 0) is 0 Å². The third-order valence-corrected chi connectivity index (χ3v) is 12.7. The molecular formula is C66H46. The molecule has 0 nitrogen and oxygen atoms in total. The maximum absolute atomic E-state index is 2.43. The molecule has 0 saturated carbocycles. The van der Waals surface area contributed by atoms with E-state index in [1.807, 2.05) is 0 Å². The Morgan fingerprint density at radius 2 is 0.530 bits per heavy atom. The molecule has 0 bridgehead atoms. The van der Waals surface area contributed by atoms with Crippen LogP contribution in [0.4, 0.5) is 0 Å². The summed E-state index contributed by atoms with van der Waals surface area (Å²) in [5.74, 6) is 0. The Bertz CT molecular complexity index is 3520. The van der Waals surface area contributed by atoms with Crippen LogP contribution in [0.1, 0.15) is 22.3 Å². The Balaban J connectivity index is 1.03. The van der Waals surface area contributed by atoms with Gasteiger partial charge in [0.1, 0.15) is 0 Å². The predicted molar refractivity (Wildman–Crippen MR) is 285 cm³/mol. The van der Waals surface area contributed by atoms with Crippen LogP contribution in [0.15, 0.2) is 255 Å². The summed E-state index contributed by atoms with van der Waals surface area (Å²) in [6.45, 7) is 0. The molecule has 0 saturated heterocycles. The second-order valence-electron chi connectivity index (χ2n) is 16.8. The van der Waals surface area contributed by atoms with Crippen molar-refractivity contribution in [3.05, 3.63) is 277 Å². The minimum absolute atomic E-state index is 1.15. The second-order valence-corrected chi connectivity index (χ2v) is 16.8. The normalized spacial score (nSPS) is 11.5. The molecule has 0 unspecified atom stereocenters. The zero-order valence-electron chi connectivity index (χ0n) is 36.6. The van der Waals surface area contributed by atoms with Crippen molar-refractivity contribution in [2.24, 2.45) is 0 Å². The summed E-state index contributed by atoms with van der Waals surface area (Å²) >= 11 is 0. The van der Waals surface area contributed by atoms with Crippen LogP contribution in [0.5, 0.6) is 0 Å². The summed E-state index contributed by atoms with van der Waals surface area (Å²) in [6.07, 6.45) is 8.92. The molecule has 0 fully saturated rings. The molecule has 0 N–H and O–H groups in total. The van der Waals surface area contributed by atoms with E-state index in [1.54, 1.807) is 0 Å². The van der Waals surface area contributed by atoms with Crippen LogP contribution in [0.3, 0.4) is 0 Å². The number of rotatable bonds is 10. The van der Waals surface area contributed by atoms with Gasteiger partial charge >= 0.3 is 0 Å². The standard InChI is InChI=1S/C66H46/c1-4-18-49(19-5-1)57-26-12-10-24-52(57)38-32-47-34-40-54(41-35-47)65-61-30-16-17-31-62(61)66(64-46-56(44-45-63(64)65)60-29-15-14-28-59(60)51-22-8-3-9-23-51)55-42-36-48(37-43-55)33-39-53-25-11-13-27-58(53)50-20-6-2-7-21-50/h1-46H/b38-32+,39-33+. The lowest BCUT2D eigenvalue weighted by Crippen LogP contribution is -1.92. The van der Waals surface area contributed by atoms with Crippen LogP contribution in [0.2, 0.25) is 0 Å². The fraction of sp³-hybridized carbons (Fsp3) is 0. The van der Waals surface area contributed by atoms with Crippen LogP contribution >= 0.6 is 0 Å². The fourth-order valence-corrected chi connectivity index (χ4v) is 9.51. The topological polar surface area (TPSA) is 0 Å². The Kier molecular flexibility index (Phi) is 11.1. The van der Waals surface area contributed by atoms with Gasteiger partial charge in [-0.15, -0.1) is 0 Å². The summed E-state index contributed by atoms with van der Waals surface area (Å²) in [5, 5.41) is 4.92. The number of fused-ring (bicyclic) bond motifs is 2. The molecule has 0 spiro atoms. The molecule has 0 atom stereocenters. The van der Waals surface area contributed by atoms with Crippen LogP contribution in [0, 0.1) is 0 Å². The molecule has 11 aromatic rings. The van der Waals surface area contributed by atoms with E-state index in [9.17, 15) is 0 Å². The lowest BCUT2D eigenvalue weighted by atomic mass is 9.84. The fourth-order valence-electron chi connectivity index (χ4n) is 9.51. The molecule has 66 heavy (non-hydrogen) atoms. The van der Waals surface area contributed by atoms with Crippen molar-refractivity contribution in [2.75, 3.05) is 0 Å². The molecule has 0 amide bonds. The lowest BCUT2D eigenvalue weighted by Gasteiger charge is -2.19. The minimum Gasteiger partial charge on any atom is -0.0622 e. The predicted octanol–water partition coefficient (Wildman–Crippen LogP) is 18.3. The highest BCUT2D eigenvalue weighted by Gasteiger charge is 2.18. The van der Waals surface area contributed by atoms with E-state index < -0.39 is 0 Å². The summed E-state index contributed by atoms with van der Waals surface area (Å²) in [6, 6.07) is 92.2. The molecule has 0 aromatic heterocycles. The van der Waals surface area contributed by atoms with Crippen molar-refractivity contribution >= 4 is 45.8 Å². The van der Waals surface area contributed by atoms with E-state index in [1.165, 1.54) is 99.4 Å². The highest BCUT2D eigenvalue weighted by molar-refractivity contribution is 6.22. The summed E-state index contributed by atoms with van der Waals surface area (Å²) in [4.78, 5) is 0. The quantitative estimate of drug-likeness (QED) is 0.0951. The van der Waals surface area contributed by atoms with Gasteiger partial charge in [-0.05, 0) is 117 Å². The first-order valence-corrected chi connectivity index (χ1v) is 22.7. The van der Waals surface area contributed by atoms with Gasteiger partial charge < -0.3 is 0 Å². The third kappa shape index (κ3) is 8.09. The molecule has 0 radical (unpaired) electrons. The van der Waals surface area contributed by atoms with E-state index >= 15 is 0 Å². The van der Waals surface area contributed by atoms with Crippen molar-refractivity contribution in [3.8, 4) is 66.8 Å². The largest absolute Gasteiger partial charge is 0.0622 e. The summed E-state index contributed by atoms with van der Waals surface area (Å²) < 4.78 is 0. The first-order chi connectivity index (χ1) is 32.7. The Hall–Kier alpha value is -8.58. The van der Waals surface area contributed by atoms with Crippen molar-refractivity contribution < 1.29 is 0 Å². The molecule has 0 heteroatoms. The van der Waals surface area contributed by atoms with E-state index in [0.717, 1.165) is 11.1 Å². The number of benzene rings is 11. The zero-order valence-corrected chi connectivity index (χ0v) is 36.6. The summed E-state index contributed by atoms with van der Waals surface area (Å²) in [7, 11) is 0. The van der Waals surface area contributed by atoms with Gasteiger partial charge in [0.15, 0.2) is 0 Å². The van der Waals surface area contributed by atoms with Crippen LogP contribution in [-0.4, -0.2) is 0 Å². The lowest BCUT2D eigenvalue weighted by molar-refractivity contribution is 1.58. The first kappa shape index (κ1) is 40.2. The van der Waals surface area contributed by atoms with Gasteiger partial charge in [-0.3, -0.25) is 0 Å². The monoisotopic (exact) mass is 838 g/mol. The molecule has 11 rings (SSSR count). The molecule has 310 valence electrons. The number of hydrogen-bond donors (Lipinski definition) is 0. The van der Waals surface area contributed by atoms with E-state index in [4.69, 9.17) is 0 Å². The van der Waals surface area contributed by atoms with Crippen LogP contribution in [0.25, 0.3) is 113 Å². The third-order valence-electron chi connectivity index (χ3n) is 12.7. The van der Waals surface area contributed by atoms with Crippen molar-refractivity contribution in [1.29, 1.82) is 0 Å². The first-order valence-electron chi connectivity index (χ1n) is 22.7. The Morgan fingerprint density at radius 3 is 1.00 bits per heavy atom. The highest BCUT2D eigenvalue weighted by Crippen LogP contribution is 2.46. The molecule has 11 aromatic carbocycles. The Morgan fingerprint density at radius 1 is 0.197 bits per heavy atom. The van der Waals surface area contributed by atoms with Gasteiger partial charge in [-0.2, -0.15) is 0 Å². The van der Waals surface area contributed by atoms with E-state index in [0.29, 0.717) is 0 Å². The average Bonchev–Trinajstić information content (AvgIpc) is 3.40. The van der Waals surface area contributed by atoms with Crippen molar-refractivity contribution in [3.63, 3.8) is 0 Å². The van der Waals surface area contributed by atoms with Crippen LogP contribution < -0.4 is 0 Å². The molecule has 0 aliphatic rings. The second kappa shape index (κ2) is 18.3. The average molecular weight is 839 g/mol. The van der Waals surface area contributed by atoms with Gasteiger partial charge in [0.2, 0.25) is 0 Å². The highest BCUT2D eigenvalue weighted by atomic mass is 14.2. The molecular weight excluding hydrogens is 793 g/mol. The van der Waals surface area contributed by atoms with E-state index in [2.05, 4.69) is 279 Å². The van der Waals surface area contributed by atoms with Gasteiger partial charge in [-0.1, -0.05) is 273 Å². The van der Waals surface area contributed by atoms with Gasteiger partial charge in [0, 0.05) is 0 Å². The molecule has 0 aliphatic heterocycles. The van der Waals surface area contributed by atoms with Gasteiger partial charge in [0.05, 0.1) is 0 Å². The molecule has 0 heterocycles. The Labute approximate surface area is 387 Å². The zero-order chi connectivity index (χ0) is 44.1. The SMILES string of the molecule is C(=C\c1ccccc1-c1ccccc1)/c1ccc(-c2c3ccccc3c(-c3ccc(/C=C/c4ccccc4-c4ccccc4)cc3)c3cc(-c4ccccc4-c4ccccc4)ccc23)cc1. The smallest absolute Gasteiger partial charge is 0.00261 e. The van der Waals surface area contributed by atoms with Gasteiger partial charge in [0.25, 0.3) is 0 Å².